The van der Waals surface area contributed by atoms with Gasteiger partial charge in [0.2, 0.25) is 5.89 Å². The minimum atomic E-state index is -0.120. The molecule has 0 saturated carbocycles. The Hall–Kier alpha value is -1.90. The molecule has 0 unspecified atom stereocenters. The molecule has 0 amide bonds. The number of oxazole rings is 1. The normalized spacial score (nSPS) is 11.0. The van der Waals surface area contributed by atoms with Crippen LogP contribution in [0.4, 0.5) is 5.69 Å². The standard InChI is InChI=1S/C12H9IN4O2/c13-7-4-15-6-17(12(7)18)5-10-16-11-8(14)2-1-3-9(11)19-10/h1-4,6H,5,14H2. The summed E-state index contributed by atoms with van der Waals surface area (Å²) in [6.45, 7) is 0.233. The summed E-state index contributed by atoms with van der Waals surface area (Å²) in [6.07, 6.45) is 2.98. The molecule has 1 aromatic carbocycles. The van der Waals surface area contributed by atoms with Crippen molar-refractivity contribution in [3.8, 4) is 0 Å². The molecule has 2 heterocycles. The van der Waals surface area contributed by atoms with Crippen molar-refractivity contribution >= 4 is 39.4 Å². The van der Waals surface area contributed by atoms with Gasteiger partial charge in [0.25, 0.3) is 5.56 Å². The zero-order chi connectivity index (χ0) is 13.4. The number of hydrogen-bond donors (Lipinski definition) is 1. The lowest BCUT2D eigenvalue weighted by Gasteiger charge is -2.00. The van der Waals surface area contributed by atoms with Crippen LogP contribution in [0.1, 0.15) is 5.89 Å². The highest BCUT2D eigenvalue weighted by molar-refractivity contribution is 14.1. The van der Waals surface area contributed by atoms with Gasteiger partial charge in [0.1, 0.15) is 12.1 Å². The van der Waals surface area contributed by atoms with Crippen molar-refractivity contribution < 1.29 is 4.42 Å². The van der Waals surface area contributed by atoms with Gasteiger partial charge in [-0.15, -0.1) is 0 Å². The molecule has 3 rings (SSSR count). The minimum absolute atomic E-state index is 0.120. The quantitative estimate of drug-likeness (QED) is 0.549. The van der Waals surface area contributed by atoms with Crippen LogP contribution in [0.5, 0.6) is 0 Å². The van der Waals surface area contributed by atoms with E-state index in [1.54, 1.807) is 18.2 Å². The van der Waals surface area contributed by atoms with E-state index in [-0.39, 0.29) is 12.1 Å². The van der Waals surface area contributed by atoms with Crippen LogP contribution in [-0.4, -0.2) is 14.5 Å². The molecular weight excluding hydrogens is 359 g/mol. The van der Waals surface area contributed by atoms with Crippen LogP contribution in [0.15, 0.2) is 39.9 Å². The molecule has 7 heteroatoms. The molecule has 6 nitrogen and oxygen atoms in total. The number of hydrogen-bond acceptors (Lipinski definition) is 5. The first-order chi connectivity index (χ1) is 9.15. The number of rotatable bonds is 2. The third kappa shape index (κ3) is 2.21. The van der Waals surface area contributed by atoms with E-state index in [2.05, 4.69) is 9.97 Å². The van der Waals surface area contributed by atoms with E-state index >= 15 is 0 Å². The van der Waals surface area contributed by atoms with Gasteiger partial charge in [-0.1, -0.05) is 6.07 Å². The van der Waals surface area contributed by atoms with Crippen molar-refractivity contribution in [3.05, 3.63) is 50.5 Å². The van der Waals surface area contributed by atoms with Gasteiger partial charge in [-0.25, -0.2) is 9.97 Å². The Bertz CT molecular complexity index is 809. The van der Waals surface area contributed by atoms with Crippen molar-refractivity contribution in [2.75, 3.05) is 5.73 Å². The zero-order valence-electron chi connectivity index (χ0n) is 9.71. The van der Waals surface area contributed by atoms with E-state index in [4.69, 9.17) is 10.2 Å². The smallest absolute Gasteiger partial charge is 0.267 e. The van der Waals surface area contributed by atoms with E-state index < -0.39 is 0 Å². The topological polar surface area (TPSA) is 86.9 Å². The Morgan fingerprint density at radius 2 is 2.26 bits per heavy atom. The maximum atomic E-state index is 11.9. The van der Waals surface area contributed by atoms with Crippen molar-refractivity contribution in [1.82, 2.24) is 14.5 Å². The lowest BCUT2D eigenvalue weighted by atomic mass is 10.3. The molecule has 3 aromatic rings. The first-order valence-corrected chi connectivity index (χ1v) is 6.57. The Morgan fingerprint density at radius 1 is 1.42 bits per heavy atom. The molecule has 0 saturated heterocycles. The molecule has 0 aliphatic carbocycles. The summed E-state index contributed by atoms with van der Waals surface area (Å²) in [6, 6.07) is 5.34. The van der Waals surface area contributed by atoms with Crippen molar-refractivity contribution in [3.63, 3.8) is 0 Å². The number of benzene rings is 1. The molecule has 0 spiro atoms. The zero-order valence-corrected chi connectivity index (χ0v) is 11.9. The van der Waals surface area contributed by atoms with E-state index in [1.807, 2.05) is 22.6 Å². The highest BCUT2D eigenvalue weighted by atomic mass is 127. The largest absolute Gasteiger partial charge is 0.439 e. The third-order valence-corrected chi connectivity index (χ3v) is 3.40. The van der Waals surface area contributed by atoms with Gasteiger partial charge in [0, 0.05) is 6.20 Å². The third-order valence-electron chi connectivity index (χ3n) is 2.66. The van der Waals surface area contributed by atoms with Crippen molar-refractivity contribution in [2.24, 2.45) is 0 Å². The van der Waals surface area contributed by atoms with Gasteiger partial charge in [0.05, 0.1) is 15.6 Å². The lowest BCUT2D eigenvalue weighted by molar-refractivity contribution is 0.501. The molecule has 2 N–H and O–H groups in total. The predicted molar refractivity (Wildman–Crippen MR) is 78.7 cm³/mol. The number of anilines is 1. The van der Waals surface area contributed by atoms with E-state index in [1.165, 1.54) is 17.1 Å². The highest BCUT2D eigenvalue weighted by Gasteiger charge is 2.10. The number of nitrogen functional groups attached to an aromatic ring is 1. The van der Waals surface area contributed by atoms with Crippen LogP contribution < -0.4 is 11.3 Å². The van der Waals surface area contributed by atoms with Gasteiger partial charge in [0.15, 0.2) is 5.58 Å². The lowest BCUT2D eigenvalue weighted by Crippen LogP contribution is -2.23. The SMILES string of the molecule is Nc1cccc2oc(Cn3cncc(I)c3=O)nc12. The highest BCUT2D eigenvalue weighted by Crippen LogP contribution is 2.21. The molecule has 96 valence electrons. The van der Waals surface area contributed by atoms with E-state index in [0.29, 0.717) is 26.2 Å². The molecule has 0 radical (unpaired) electrons. The van der Waals surface area contributed by atoms with Crippen LogP contribution in [0.3, 0.4) is 0 Å². The second kappa shape index (κ2) is 4.65. The fourth-order valence-electron chi connectivity index (χ4n) is 1.77. The number of nitrogens with zero attached hydrogens (tertiary/aromatic N) is 3. The van der Waals surface area contributed by atoms with E-state index in [9.17, 15) is 4.79 Å². The Labute approximate surface area is 121 Å². The first kappa shape index (κ1) is 12.2. The summed E-state index contributed by atoms with van der Waals surface area (Å²) in [7, 11) is 0. The number of halogens is 1. The Kier molecular flexibility index (Phi) is 2.97. The predicted octanol–water partition coefficient (Wildman–Crippen LogP) is 1.62. The van der Waals surface area contributed by atoms with Crippen molar-refractivity contribution in [1.29, 1.82) is 0 Å². The number of para-hydroxylation sites is 1. The summed E-state index contributed by atoms with van der Waals surface area (Å²) in [5, 5.41) is 0. The second-order valence-electron chi connectivity index (χ2n) is 3.98. The molecule has 0 fully saturated rings. The number of nitrogens with two attached hydrogens (primary N) is 1. The average molecular weight is 368 g/mol. The monoisotopic (exact) mass is 368 g/mol. The fraction of sp³-hybridized carbons (Fsp3) is 0.0833. The molecule has 0 aliphatic heterocycles. The van der Waals surface area contributed by atoms with Crippen molar-refractivity contribution in [2.45, 2.75) is 6.54 Å². The maximum Gasteiger partial charge on any atom is 0.267 e. The molecule has 0 bridgehead atoms. The van der Waals surface area contributed by atoms with E-state index in [0.717, 1.165) is 0 Å². The molecule has 2 aromatic heterocycles. The van der Waals surface area contributed by atoms with Gasteiger partial charge >= 0.3 is 0 Å². The molecule has 19 heavy (non-hydrogen) atoms. The summed E-state index contributed by atoms with van der Waals surface area (Å²) in [5.74, 6) is 0.429. The van der Waals surface area contributed by atoms with Crippen LogP contribution >= 0.6 is 22.6 Å². The Morgan fingerprint density at radius 3 is 3.05 bits per heavy atom. The summed E-state index contributed by atoms with van der Waals surface area (Å²) in [4.78, 5) is 20.1. The summed E-state index contributed by atoms with van der Waals surface area (Å²) < 4.78 is 7.57. The van der Waals surface area contributed by atoms with Gasteiger partial charge in [-0.3, -0.25) is 9.36 Å². The van der Waals surface area contributed by atoms with Gasteiger partial charge in [-0.2, -0.15) is 0 Å². The minimum Gasteiger partial charge on any atom is -0.439 e. The average Bonchev–Trinajstić information content (AvgIpc) is 2.79. The first-order valence-electron chi connectivity index (χ1n) is 5.49. The van der Waals surface area contributed by atoms with Gasteiger partial charge in [-0.05, 0) is 34.7 Å². The Balaban J connectivity index is 2.04. The second-order valence-corrected chi connectivity index (χ2v) is 5.14. The van der Waals surface area contributed by atoms with Crippen LogP contribution in [0.2, 0.25) is 0 Å². The molecular formula is C12H9IN4O2. The fourth-order valence-corrected chi connectivity index (χ4v) is 2.24. The number of fused-ring (bicyclic) bond motifs is 1. The summed E-state index contributed by atoms with van der Waals surface area (Å²) >= 11 is 1.95. The summed E-state index contributed by atoms with van der Waals surface area (Å²) in [5.41, 5.74) is 7.48. The maximum absolute atomic E-state index is 11.9. The van der Waals surface area contributed by atoms with Crippen LogP contribution in [-0.2, 0) is 6.54 Å². The van der Waals surface area contributed by atoms with Crippen LogP contribution in [0, 0.1) is 3.57 Å². The van der Waals surface area contributed by atoms with Crippen LogP contribution in [0.25, 0.3) is 11.1 Å². The molecule has 0 aliphatic rings. The van der Waals surface area contributed by atoms with Gasteiger partial charge < -0.3 is 10.2 Å². The molecule has 0 atom stereocenters. The number of aromatic nitrogens is 3.